The molecule has 0 aliphatic heterocycles. The van der Waals surface area contributed by atoms with E-state index in [-0.39, 0.29) is 11.8 Å². The predicted molar refractivity (Wildman–Crippen MR) is 47.1 cm³/mol. The highest BCUT2D eigenvalue weighted by molar-refractivity contribution is 7.84. The van der Waals surface area contributed by atoms with Gasteiger partial charge in [-0.3, -0.25) is 9.00 Å². The van der Waals surface area contributed by atoms with Gasteiger partial charge in [-0.15, -0.1) is 0 Å². The molecule has 0 bridgehead atoms. The zero-order chi connectivity index (χ0) is 8.85. The Morgan fingerprint density at radius 2 is 2.18 bits per heavy atom. The quantitative estimate of drug-likeness (QED) is 0.639. The summed E-state index contributed by atoms with van der Waals surface area (Å²) in [5, 5.41) is 2.87. The third-order valence-corrected chi connectivity index (χ3v) is 2.34. The van der Waals surface area contributed by atoms with Crippen molar-refractivity contribution in [3.63, 3.8) is 0 Å². The summed E-state index contributed by atoms with van der Waals surface area (Å²) in [6.07, 6.45) is 2.31. The number of rotatable bonds is 5. The lowest BCUT2D eigenvalue weighted by Gasteiger charge is -2.10. The first-order valence-corrected chi connectivity index (χ1v) is 5.28. The second kappa shape index (κ2) is 5.43. The summed E-state index contributed by atoms with van der Waals surface area (Å²) >= 11 is 0. The topological polar surface area (TPSA) is 46.2 Å². The van der Waals surface area contributed by atoms with Crippen LogP contribution in [0.4, 0.5) is 0 Å². The van der Waals surface area contributed by atoms with E-state index in [2.05, 4.69) is 5.32 Å². The summed E-state index contributed by atoms with van der Waals surface area (Å²) < 4.78 is 10.7. The standard InChI is InChI=1S/C7H15NO2S/c1-6(9)7(8-2)4-5-11(3)10/h7-8H,4-5H2,1-3H3. The third-order valence-electron chi connectivity index (χ3n) is 1.53. The van der Waals surface area contributed by atoms with Crippen molar-refractivity contribution in [3.8, 4) is 0 Å². The fraction of sp³-hybridized carbons (Fsp3) is 0.857. The summed E-state index contributed by atoms with van der Waals surface area (Å²) in [6.45, 7) is 1.54. The van der Waals surface area contributed by atoms with Gasteiger partial charge in [0.25, 0.3) is 0 Å². The maximum absolute atomic E-state index is 10.8. The molecule has 3 nitrogen and oxygen atoms in total. The van der Waals surface area contributed by atoms with Crippen molar-refractivity contribution in [2.24, 2.45) is 0 Å². The van der Waals surface area contributed by atoms with Crippen LogP contribution < -0.4 is 5.32 Å². The summed E-state index contributed by atoms with van der Waals surface area (Å²) in [7, 11) is 0.944. The fourth-order valence-corrected chi connectivity index (χ4v) is 1.40. The van der Waals surface area contributed by atoms with Crippen LogP contribution in [0.1, 0.15) is 13.3 Å². The summed E-state index contributed by atoms with van der Waals surface area (Å²) in [6, 6.07) is -0.126. The molecule has 0 aliphatic rings. The molecule has 2 atom stereocenters. The molecule has 0 fully saturated rings. The van der Waals surface area contributed by atoms with Crippen molar-refractivity contribution < 1.29 is 9.00 Å². The van der Waals surface area contributed by atoms with Crippen molar-refractivity contribution >= 4 is 16.6 Å². The molecule has 0 amide bonds. The molecule has 1 N–H and O–H groups in total. The first-order chi connectivity index (χ1) is 5.07. The van der Waals surface area contributed by atoms with Gasteiger partial charge in [0.1, 0.15) is 5.78 Å². The molecule has 11 heavy (non-hydrogen) atoms. The molecule has 0 rings (SSSR count). The van der Waals surface area contributed by atoms with Crippen LogP contribution >= 0.6 is 0 Å². The average Bonchev–Trinajstić information content (AvgIpc) is 1.87. The van der Waals surface area contributed by atoms with E-state index < -0.39 is 10.8 Å². The Morgan fingerprint density at radius 1 is 1.64 bits per heavy atom. The minimum absolute atomic E-state index is 0.109. The highest BCUT2D eigenvalue weighted by Crippen LogP contribution is 1.94. The summed E-state index contributed by atoms with van der Waals surface area (Å²) in [5.74, 6) is 0.698. The number of ketones is 1. The van der Waals surface area contributed by atoms with Gasteiger partial charge in [-0.25, -0.2) is 0 Å². The first-order valence-electron chi connectivity index (χ1n) is 3.55. The Kier molecular flexibility index (Phi) is 5.32. The van der Waals surface area contributed by atoms with Gasteiger partial charge in [0.15, 0.2) is 0 Å². The number of Topliss-reactive ketones (excluding diaryl/α,β-unsaturated/α-hetero) is 1. The van der Waals surface area contributed by atoms with Gasteiger partial charge in [-0.1, -0.05) is 0 Å². The number of likely N-dealkylation sites (N-methyl/N-ethyl adjacent to an activating group) is 1. The van der Waals surface area contributed by atoms with Gasteiger partial charge in [0.2, 0.25) is 0 Å². The van der Waals surface area contributed by atoms with Crippen LogP contribution in [-0.2, 0) is 15.6 Å². The maximum atomic E-state index is 10.8. The van der Waals surface area contributed by atoms with Gasteiger partial charge >= 0.3 is 0 Å². The van der Waals surface area contributed by atoms with Gasteiger partial charge in [0.05, 0.1) is 6.04 Å². The van der Waals surface area contributed by atoms with Crippen LogP contribution in [0.15, 0.2) is 0 Å². The number of carbonyl (C=O) groups excluding carboxylic acids is 1. The number of hydrogen-bond donors (Lipinski definition) is 1. The average molecular weight is 177 g/mol. The molecule has 0 saturated heterocycles. The summed E-state index contributed by atoms with van der Waals surface area (Å²) in [5.41, 5.74) is 0. The van der Waals surface area contributed by atoms with E-state index in [0.29, 0.717) is 12.2 Å². The third kappa shape index (κ3) is 5.09. The molecule has 0 heterocycles. The Bertz CT molecular complexity index is 159. The Morgan fingerprint density at radius 3 is 2.45 bits per heavy atom. The normalized spacial score (nSPS) is 15.9. The monoisotopic (exact) mass is 177 g/mol. The summed E-state index contributed by atoms with van der Waals surface area (Å²) in [4.78, 5) is 10.8. The van der Waals surface area contributed by atoms with E-state index in [9.17, 15) is 9.00 Å². The van der Waals surface area contributed by atoms with E-state index in [1.807, 2.05) is 0 Å². The molecular weight excluding hydrogens is 162 g/mol. The van der Waals surface area contributed by atoms with Crippen LogP contribution in [0.5, 0.6) is 0 Å². The largest absolute Gasteiger partial charge is 0.311 e. The number of nitrogens with one attached hydrogen (secondary N) is 1. The van der Waals surface area contributed by atoms with Crippen molar-refractivity contribution in [1.29, 1.82) is 0 Å². The lowest BCUT2D eigenvalue weighted by atomic mass is 10.1. The molecule has 0 saturated carbocycles. The molecule has 0 aromatic rings. The Labute approximate surface area is 70.0 Å². The SMILES string of the molecule is CNC(CCS(C)=O)C(C)=O. The number of hydrogen-bond acceptors (Lipinski definition) is 3. The molecule has 2 unspecified atom stereocenters. The lowest BCUT2D eigenvalue weighted by Crippen LogP contribution is -2.33. The zero-order valence-electron chi connectivity index (χ0n) is 7.22. The second-order valence-electron chi connectivity index (χ2n) is 2.52. The molecule has 0 aromatic carbocycles. The fourth-order valence-electron chi connectivity index (χ4n) is 0.835. The number of carbonyl (C=O) groups is 1. The molecule has 0 spiro atoms. The van der Waals surface area contributed by atoms with Crippen molar-refractivity contribution in [1.82, 2.24) is 5.32 Å². The molecule has 0 aromatic heterocycles. The van der Waals surface area contributed by atoms with Crippen LogP contribution in [0.25, 0.3) is 0 Å². The highest BCUT2D eigenvalue weighted by Gasteiger charge is 2.10. The van der Waals surface area contributed by atoms with Gasteiger partial charge in [-0.05, 0) is 20.4 Å². The van der Waals surface area contributed by atoms with Crippen molar-refractivity contribution in [3.05, 3.63) is 0 Å². The molecule has 4 heteroatoms. The Hall–Kier alpha value is -0.220. The molecule has 66 valence electrons. The van der Waals surface area contributed by atoms with E-state index in [1.54, 1.807) is 20.2 Å². The Balaban J connectivity index is 3.70. The van der Waals surface area contributed by atoms with Crippen LogP contribution in [-0.4, -0.2) is 35.1 Å². The van der Waals surface area contributed by atoms with E-state index in [1.165, 1.54) is 0 Å². The van der Waals surface area contributed by atoms with Gasteiger partial charge in [-0.2, -0.15) is 0 Å². The predicted octanol–water partition coefficient (Wildman–Crippen LogP) is -0.0680. The minimum atomic E-state index is -0.797. The molecule has 0 radical (unpaired) electrons. The smallest absolute Gasteiger partial charge is 0.146 e. The van der Waals surface area contributed by atoms with Gasteiger partial charge < -0.3 is 5.32 Å². The minimum Gasteiger partial charge on any atom is -0.311 e. The van der Waals surface area contributed by atoms with E-state index in [0.717, 1.165) is 0 Å². The first kappa shape index (κ1) is 10.8. The van der Waals surface area contributed by atoms with Crippen LogP contribution in [0.3, 0.4) is 0 Å². The van der Waals surface area contributed by atoms with E-state index >= 15 is 0 Å². The van der Waals surface area contributed by atoms with E-state index in [4.69, 9.17) is 0 Å². The lowest BCUT2D eigenvalue weighted by molar-refractivity contribution is -0.118. The van der Waals surface area contributed by atoms with Crippen LogP contribution in [0, 0.1) is 0 Å². The van der Waals surface area contributed by atoms with Crippen molar-refractivity contribution in [2.75, 3.05) is 19.1 Å². The molecule has 0 aliphatic carbocycles. The van der Waals surface area contributed by atoms with Crippen molar-refractivity contribution in [2.45, 2.75) is 19.4 Å². The zero-order valence-corrected chi connectivity index (χ0v) is 8.03. The second-order valence-corrected chi connectivity index (χ2v) is 4.07. The van der Waals surface area contributed by atoms with Crippen LogP contribution in [0.2, 0.25) is 0 Å². The maximum Gasteiger partial charge on any atom is 0.146 e. The highest BCUT2D eigenvalue weighted by atomic mass is 32.2. The van der Waals surface area contributed by atoms with Gasteiger partial charge in [0, 0.05) is 22.8 Å². The molecular formula is C7H15NO2S.